The summed E-state index contributed by atoms with van der Waals surface area (Å²) in [6.07, 6.45) is -0.0494. The van der Waals surface area contributed by atoms with Gasteiger partial charge in [0.1, 0.15) is 12.6 Å². The van der Waals surface area contributed by atoms with E-state index < -0.39 is 24.9 Å². The van der Waals surface area contributed by atoms with Crippen molar-refractivity contribution in [3.63, 3.8) is 0 Å². The van der Waals surface area contributed by atoms with Crippen LogP contribution in [0.2, 0.25) is 0 Å². The molecule has 1 heterocycles. The molecule has 1 aliphatic heterocycles. The Kier molecular flexibility index (Phi) is 4.03. The molecule has 6 nitrogen and oxygen atoms in total. The summed E-state index contributed by atoms with van der Waals surface area (Å²) in [4.78, 5) is 10.7. The zero-order valence-corrected chi connectivity index (χ0v) is 10.0. The van der Waals surface area contributed by atoms with Crippen molar-refractivity contribution in [2.45, 2.75) is 12.5 Å². The molecule has 4 N–H and O–H groups in total. The van der Waals surface area contributed by atoms with E-state index in [4.69, 9.17) is 20.2 Å². The number of ether oxygens (including phenoxy) is 1. The Morgan fingerprint density at radius 3 is 2.95 bits per heavy atom. The summed E-state index contributed by atoms with van der Waals surface area (Å²) in [5.74, 6) is -1.92. The largest absolute Gasteiger partial charge is 0.495 e. The van der Waals surface area contributed by atoms with Gasteiger partial charge in [0.15, 0.2) is 11.6 Å². The van der Waals surface area contributed by atoms with Gasteiger partial charge in [0, 0.05) is 5.46 Å². The van der Waals surface area contributed by atoms with Gasteiger partial charge < -0.3 is 25.3 Å². The molecule has 0 saturated heterocycles. The molecular weight excluding hydrogens is 256 g/mol. The molecule has 0 bridgehead atoms. The lowest BCUT2D eigenvalue weighted by atomic mass is 9.77. The van der Waals surface area contributed by atoms with Gasteiger partial charge in [-0.15, -0.1) is 0 Å². The van der Waals surface area contributed by atoms with Crippen molar-refractivity contribution in [1.29, 1.82) is 0 Å². The summed E-state index contributed by atoms with van der Waals surface area (Å²) < 4.78 is 24.0. The highest BCUT2D eigenvalue weighted by Gasteiger charge is 2.28. The van der Waals surface area contributed by atoms with E-state index in [2.05, 4.69) is 0 Å². The van der Waals surface area contributed by atoms with Crippen molar-refractivity contribution >= 4 is 18.6 Å². The maximum atomic E-state index is 13.9. The van der Waals surface area contributed by atoms with Gasteiger partial charge in [-0.2, -0.15) is 0 Å². The maximum Gasteiger partial charge on any atom is 0.495 e. The van der Waals surface area contributed by atoms with Gasteiger partial charge in [-0.05, 0) is 18.1 Å². The van der Waals surface area contributed by atoms with Crippen LogP contribution < -0.4 is 15.9 Å². The molecule has 0 aromatic heterocycles. The first-order valence-corrected chi connectivity index (χ1v) is 5.72. The third-order valence-electron chi connectivity index (χ3n) is 2.78. The van der Waals surface area contributed by atoms with Crippen LogP contribution in [0.4, 0.5) is 4.39 Å². The number of carboxylic acids is 1. The van der Waals surface area contributed by atoms with Crippen LogP contribution in [-0.4, -0.2) is 42.5 Å². The van der Waals surface area contributed by atoms with E-state index in [0.717, 1.165) is 6.07 Å². The Hall–Kier alpha value is -1.64. The summed E-state index contributed by atoms with van der Waals surface area (Å²) in [5, 5.41) is 18.4. The Labute approximate surface area is 109 Å². The highest BCUT2D eigenvalue weighted by Crippen LogP contribution is 2.19. The SMILES string of the molecule is N[C@@H](Cc1cc(F)c2c(c1)B(O)OCCO2)C(=O)O. The fraction of sp³-hybridized carbons (Fsp3) is 0.364. The summed E-state index contributed by atoms with van der Waals surface area (Å²) in [7, 11) is -1.30. The molecule has 2 rings (SSSR count). The number of hydrogen-bond donors (Lipinski definition) is 3. The van der Waals surface area contributed by atoms with Gasteiger partial charge in [0.05, 0.1) is 6.61 Å². The van der Waals surface area contributed by atoms with Crippen LogP contribution >= 0.6 is 0 Å². The molecule has 1 aromatic rings. The number of halogens is 1. The molecule has 0 fully saturated rings. The average Bonchev–Trinajstić information content (AvgIpc) is 2.52. The van der Waals surface area contributed by atoms with Crippen LogP contribution in [0.1, 0.15) is 5.56 Å². The van der Waals surface area contributed by atoms with Crippen LogP contribution in [0.25, 0.3) is 0 Å². The zero-order chi connectivity index (χ0) is 14.0. The number of aliphatic carboxylic acids is 1. The fourth-order valence-corrected chi connectivity index (χ4v) is 1.86. The van der Waals surface area contributed by atoms with E-state index in [9.17, 15) is 14.2 Å². The van der Waals surface area contributed by atoms with Crippen molar-refractivity contribution < 1.29 is 28.7 Å². The van der Waals surface area contributed by atoms with Crippen LogP contribution in [0.5, 0.6) is 5.75 Å². The van der Waals surface area contributed by atoms with E-state index in [0.29, 0.717) is 5.56 Å². The van der Waals surface area contributed by atoms with Crippen molar-refractivity contribution in [3.8, 4) is 5.75 Å². The maximum absolute atomic E-state index is 13.9. The van der Waals surface area contributed by atoms with E-state index in [1.807, 2.05) is 0 Å². The van der Waals surface area contributed by atoms with E-state index >= 15 is 0 Å². The number of nitrogens with two attached hydrogens (primary N) is 1. The highest BCUT2D eigenvalue weighted by atomic mass is 19.1. The molecule has 8 heteroatoms. The molecule has 0 spiro atoms. The van der Waals surface area contributed by atoms with Crippen LogP contribution in [-0.2, 0) is 15.9 Å². The Morgan fingerprint density at radius 1 is 1.53 bits per heavy atom. The average molecular weight is 269 g/mol. The molecule has 19 heavy (non-hydrogen) atoms. The smallest absolute Gasteiger partial charge is 0.489 e. The summed E-state index contributed by atoms with van der Waals surface area (Å²) in [6.45, 7) is 0.272. The first-order chi connectivity index (χ1) is 8.99. The van der Waals surface area contributed by atoms with Crippen LogP contribution in [0.15, 0.2) is 12.1 Å². The number of carboxylic acid groups (broad SMARTS) is 1. The molecule has 0 radical (unpaired) electrons. The lowest BCUT2D eigenvalue weighted by Gasteiger charge is -2.12. The quantitative estimate of drug-likeness (QED) is 0.600. The topological polar surface area (TPSA) is 102 Å². The van der Waals surface area contributed by atoms with Gasteiger partial charge in [0.25, 0.3) is 0 Å². The predicted molar refractivity (Wildman–Crippen MR) is 64.8 cm³/mol. The van der Waals surface area contributed by atoms with Crippen molar-refractivity contribution in [2.75, 3.05) is 13.2 Å². The lowest BCUT2D eigenvalue weighted by Crippen LogP contribution is -2.35. The molecule has 102 valence electrons. The lowest BCUT2D eigenvalue weighted by molar-refractivity contribution is -0.138. The molecule has 1 aromatic carbocycles. The van der Waals surface area contributed by atoms with Crippen molar-refractivity contribution in [1.82, 2.24) is 0 Å². The molecule has 0 amide bonds. The van der Waals surface area contributed by atoms with E-state index in [1.165, 1.54) is 6.07 Å². The Morgan fingerprint density at radius 2 is 2.26 bits per heavy atom. The van der Waals surface area contributed by atoms with Gasteiger partial charge in [-0.1, -0.05) is 6.07 Å². The summed E-state index contributed by atoms with van der Waals surface area (Å²) >= 11 is 0. The Balaban J connectivity index is 2.33. The summed E-state index contributed by atoms with van der Waals surface area (Å²) in [6, 6.07) is 1.46. The monoisotopic (exact) mass is 269 g/mol. The second-order valence-electron chi connectivity index (χ2n) is 4.22. The highest BCUT2D eigenvalue weighted by molar-refractivity contribution is 6.61. The van der Waals surface area contributed by atoms with Gasteiger partial charge in [-0.3, -0.25) is 4.79 Å². The number of carbonyl (C=O) groups is 1. The molecule has 0 aliphatic carbocycles. The van der Waals surface area contributed by atoms with Gasteiger partial charge >= 0.3 is 13.1 Å². The number of benzene rings is 1. The molecule has 0 saturated carbocycles. The molecule has 0 unspecified atom stereocenters. The van der Waals surface area contributed by atoms with Gasteiger partial charge in [-0.25, -0.2) is 4.39 Å². The third kappa shape index (κ3) is 3.03. The van der Waals surface area contributed by atoms with E-state index in [1.54, 1.807) is 0 Å². The minimum absolute atomic E-state index is 0.0494. The molecular formula is C11H13BFNO5. The van der Waals surface area contributed by atoms with Gasteiger partial charge in [0.2, 0.25) is 0 Å². The number of hydrogen-bond acceptors (Lipinski definition) is 5. The number of rotatable bonds is 3. The minimum Gasteiger partial charge on any atom is -0.489 e. The second-order valence-corrected chi connectivity index (χ2v) is 4.22. The summed E-state index contributed by atoms with van der Waals surface area (Å²) in [5.41, 5.74) is 5.90. The Bertz CT molecular complexity index is 498. The molecule has 1 aliphatic rings. The van der Waals surface area contributed by atoms with Crippen molar-refractivity contribution in [3.05, 3.63) is 23.5 Å². The molecule has 1 atom stereocenters. The minimum atomic E-state index is -1.30. The zero-order valence-electron chi connectivity index (χ0n) is 10.0. The normalized spacial score (nSPS) is 16.3. The second kappa shape index (κ2) is 5.56. The standard InChI is InChI=1S/C11H13BFNO5/c13-8-4-6(5-9(14)11(15)16)3-7-10(8)18-1-2-19-12(7)17/h3-4,9,17H,1-2,5,14H2,(H,15,16)/t9-/m0/s1. The third-order valence-corrected chi connectivity index (χ3v) is 2.78. The fourth-order valence-electron chi connectivity index (χ4n) is 1.86. The number of fused-ring (bicyclic) bond motifs is 1. The van der Waals surface area contributed by atoms with Crippen LogP contribution in [0, 0.1) is 5.82 Å². The van der Waals surface area contributed by atoms with Crippen molar-refractivity contribution in [2.24, 2.45) is 5.73 Å². The van der Waals surface area contributed by atoms with Crippen LogP contribution in [0.3, 0.4) is 0 Å². The first-order valence-electron chi connectivity index (χ1n) is 5.72. The first kappa shape index (κ1) is 13.8. The van der Waals surface area contributed by atoms with E-state index in [-0.39, 0.29) is 30.8 Å². The predicted octanol–water partition coefficient (Wildman–Crippen LogP) is -1.12.